The van der Waals surface area contributed by atoms with E-state index in [1.807, 2.05) is 18.5 Å². The van der Waals surface area contributed by atoms with Crippen molar-refractivity contribution in [1.29, 1.82) is 0 Å². The van der Waals surface area contributed by atoms with Crippen molar-refractivity contribution in [3.8, 4) is 11.1 Å². The van der Waals surface area contributed by atoms with Crippen LogP contribution in [0.4, 0.5) is 0 Å². The van der Waals surface area contributed by atoms with E-state index >= 15 is 0 Å². The maximum Gasteiger partial charge on any atom is 0.103 e. The van der Waals surface area contributed by atoms with Gasteiger partial charge in [0.1, 0.15) is 6.04 Å². The molecular formula is C24H18N2. The van der Waals surface area contributed by atoms with Crippen LogP contribution in [0.5, 0.6) is 0 Å². The lowest BCUT2D eigenvalue weighted by Gasteiger charge is -2.31. The average molecular weight is 334 g/mol. The Morgan fingerprint density at radius 1 is 0.769 bits per heavy atom. The minimum Gasteiger partial charge on any atom is -0.282 e. The van der Waals surface area contributed by atoms with E-state index in [2.05, 4.69) is 78.9 Å². The summed E-state index contributed by atoms with van der Waals surface area (Å²) >= 11 is 0. The van der Waals surface area contributed by atoms with Crippen LogP contribution in [0.25, 0.3) is 22.8 Å². The highest BCUT2D eigenvalue weighted by atomic mass is 14.9. The van der Waals surface area contributed by atoms with Crippen LogP contribution in [0.2, 0.25) is 0 Å². The SMILES string of the molecule is C1=CC2C(c3ccccc3)=CC=NC2c2nccc(-c3ccccc3)c21. The molecule has 2 heteroatoms. The molecule has 26 heavy (non-hydrogen) atoms. The van der Waals surface area contributed by atoms with Gasteiger partial charge >= 0.3 is 0 Å². The minimum atomic E-state index is 0.0406. The molecule has 2 heterocycles. The number of hydrogen-bond donors (Lipinski definition) is 0. The Morgan fingerprint density at radius 3 is 2.27 bits per heavy atom. The number of nitrogens with zero attached hydrogens (tertiary/aromatic N) is 2. The minimum absolute atomic E-state index is 0.0406. The van der Waals surface area contributed by atoms with Gasteiger partial charge in [-0.05, 0) is 34.4 Å². The Hall–Kier alpha value is -3.26. The quantitative estimate of drug-likeness (QED) is 0.599. The molecule has 0 N–H and O–H groups in total. The normalized spacial score (nSPS) is 20.2. The Morgan fingerprint density at radius 2 is 1.50 bits per heavy atom. The first-order valence-electron chi connectivity index (χ1n) is 8.93. The fourth-order valence-corrected chi connectivity index (χ4v) is 3.93. The van der Waals surface area contributed by atoms with E-state index in [9.17, 15) is 0 Å². The average Bonchev–Trinajstić information content (AvgIpc) is 2.74. The van der Waals surface area contributed by atoms with Crippen molar-refractivity contribution in [2.75, 3.05) is 0 Å². The van der Waals surface area contributed by atoms with Gasteiger partial charge in [-0.3, -0.25) is 9.98 Å². The lowest BCUT2D eigenvalue weighted by Crippen LogP contribution is -2.20. The number of aliphatic imine (C=N–C) groups is 1. The van der Waals surface area contributed by atoms with Crippen LogP contribution in [0.3, 0.4) is 0 Å². The molecule has 0 saturated carbocycles. The van der Waals surface area contributed by atoms with Crippen LogP contribution in [-0.4, -0.2) is 11.2 Å². The predicted molar refractivity (Wildman–Crippen MR) is 108 cm³/mol. The third-order valence-corrected chi connectivity index (χ3v) is 5.16. The van der Waals surface area contributed by atoms with E-state index in [4.69, 9.17) is 9.98 Å². The predicted octanol–water partition coefficient (Wildman–Crippen LogP) is 5.60. The number of hydrogen-bond acceptors (Lipinski definition) is 2. The standard InChI is InChI=1S/C24H18N2/c1-3-7-17(8-4-1)19-13-15-25-23-21(19)11-12-22-20(14-16-26-24(22)23)18-9-5-2-6-10-18/h1-16,21,23H. The van der Waals surface area contributed by atoms with Gasteiger partial charge in [-0.25, -0.2) is 0 Å². The van der Waals surface area contributed by atoms with Crippen molar-refractivity contribution in [3.63, 3.8) is 0 Å². The summed E-state index contributed by atoms with van der Waals surface area (Å²) in [5.74, 6) is 0.230. The maximum atomic E-state index is 4.79. The Bertz CT molecular complexity index is 1030. The third-order valence-electron chi connectivity index (χ3n) is 5.16. The van der Waals surface area contributed by atoms with E-state index in [0.29, 0.717) is 0 Å². The second kappa shape index (κ2) is 6.23. The summed E-state index contributed by atoms with van der Waals surface area (Å²) in [5, 5.41) is 0. The number of aromatic nitrogens is 1. The van der Waals surface area contributed by atoms with Crippen molar-refractivity contribution < 1.29 is 0 Å². The monoisotopic (exact) mass is 334 g/mol. The molecule has 2 nitrogen and oxygen atoms in total. The van der Waals surface area contributed by atoms with Gasteiger partial charge in [-0.15, -0.1) is 0 Å². The smallest absolute Gasteiger partial charge is 0.103 e. The number of benzene rings is 2. The summed E-state index contributed by atoms with van der Waals surface area (Å²) in [6, 6.07) is 23.2. The molecule has 2 aromatic carbocycles. The van der Waals surface area contributed by atoms with Gasteiger partial charge in [0.05, 0.1) is 5.69 Å². The van der Waals surface area contributed by atoms with E-state index in [1.165, 1.54) is 27.8 Å². The Labute approximate surface area is 153 Å². The van der Waals surface area contributed by atoms with Gasteiger partial charge in [0, 0.05) is 23.9 Å². The molecule has 124 valence electrons. The van der Waals surface area contributed by atoms with Gasteiger partial charge in [0.25, 0.3) is 0 Å². The van der Waals surface area contributed by atoms with Crippen molar-refractivity contribution in [2.45, 2.75) is 6.04 Å². The Kier molecular flexibility index (Phi) is 3.60. The fraction of sp³-hybridized carbons (Fsp3) is 0.0833. The molecular weight excluding hydrogens is 316 g/mol. The van der Waals surface area contributed by atoms with E-state index < -0.39 is 0 Å². The number of allylic oxidation sites excluding steroid dienone is 1. The molecule has 0 bridgehead atoms. The molecule has 2 unspecified atom stereocenters. The van der Waals surface area contributed by atoms with Crippen LogP contribution in [0.15, 0.2) is 90.1 Å². The first kappa shape index (κ1) is 15.0. The second-order valence-corrected chi connectivity index (χ2v) is 6.64. The molecule has 0 saturated heterocycles. The molecule has 0 spiro atoms. The highest BCUT2D eigenvalue weighted by Crippen LogP contribution is 2.44. The fourth-order valence-electron chi connectivity index (χ4n) is 3.93. The van der Waals surface area contributed by atoms with Gasteiger partial charge in [0.15, 0.2) is 0 Å². The summed E-state index contributed by atoms with van der Waals surface area (Å²) < 4.78 is 0. The summed E-state index contributed by atoms with van der Waals surface area (Å²) in [6.07, 6.45) is 10.5. The molecule has 3 aromatic rings. The molecule has 2 aliphatic rings. The summed E-state index contributed by atoms with van der Waals surface area (Å²) in [4.78, 5) is 9.51. The molecule has 0 amide bonds. The summed E-state index contributed by atoms with van der Waals surface area (Å²) in [7, 11) is 0. The van der Waals surface area contributed by atoms with Crippen molar-refractivity contribution in [3.05, 3.63) is 102 Å². The molecule has 1 aliphatic carbocycles. The molecule has 1 aliphatic heterocycles. The number of pyridine rings is 1. The molecule has 1 aromatic heterocycles. The van der Waals surface area contributed by atoms with Gasteiger partial charge in [-0.2, -0.15) is 0 Å². The van der Waals surface area contributed by atoms with Gasteiger partial charge < -0.3 is 0 Å². The number of fused-ring (bicyclic) bond motifs is 3. The third kappa shape index (κ3) is 2.42. The van der Waals surface area contributed by atoms with Crippen LogP contribution >= 0.6 is 0 Å². The van der Waals surface area contributed by atoms with Crippen molar-refractivity contribution >= 4 is 17.9 Å². The molecule has 5 rings (SSSR count). The van der Waals surface area contributed by atoms with Crippen LogP contribution in [-0.2, 0) is 0 Å². The molecule has 0 radical (unpaired) electrons. The summed E-state index contributed by atoms with van der Waals surface area (Å²) in [6.45, 7) is 0. The highest BCUT2D eigenvalue weighted by Gasteiger charge is 2.32. The van der Waals surface area contributed by atoms with Crippen LogP contribution < -0.4 is 0 Å². The van der Waals surface area contributed by atoms with Crippen molar-refractivity contribution in [2.24, 2.45) is 10.9 Å². The first-order chi connectivity index (χ1) is 12.9. The topological polar surface area (TPSA) is 25.2 Å². The largest absolute Gasteiger partial charge is 0.282 e. The van der Waals surface area contributed by atoms with E-state index in [1.54, 1.807) is 0 Å². The molecule has 0 fully saturated rings. The lowest BCUT2D eigenvalue weighted by atomic mass is 9.78. The van der Waals surface area contributed by atoms with Crippen LogP contribution in [0, 0.1) is 5.92 Å². The zero-order chi connectivity index (χ0) is 17.3. The van der Waals surface area contributed by atoms with Gasteiger partial charge in [0.2, 0.25) is 0 Å². The van der Waals surface area contributed by atoms with E-state index in [-0.39, 0.29) is 12.0 Å². The van der Waals surface area contributed by atoms with E-state index in [0.717, 1.165) is 5.69 Å². The Balaban J connectivity index is 1.61. The summed E-state index contributed by atoms with van der Waals surface area (Å²) in [5.41, 5.74) is 7.24. The zero-order valence-corrected chi connectivity index (χ0v) is 14.3. The number of rotatable bonds is 2. The zero-order valence-electron chi connectivity index (χ0n) is 14.3. The number of dihydropyridines is 1. The van der Waals surface area contributed by atoms with Crippen LogP contribution in [0.1, 0.15) is 22.9 Å². The molecule has 2 atom stereocenters. The first-order valence-corrected chi connectivity index (χ1v) is 8.93. The maximum absolute atomic E-state index is 4.79. The highest BCUT2D eigenvalue weighted by molar-refractivity contribution is 5.90. The lowest BCUT2D eigenvalue weighted by molar-refractivity contribution is 0.608. The second-order valence-electron chi connectivity index (χ2n) is 6.64. The van der Waals surface area contributed by atoms with Gasteiger partial charge in [-0.1, -0.05) is 72.8 Å². The van der Waals surface area contributed by atoms with Crippen molar-refractivity contribution in [1.82, 2.24) is 4.98 Å².